The minimum absolute atomic E-state index is 0.0654. The Hall–Kier alpha value is -1.27. The third-order valence-corrected chi connectivity index (χ3v) is 6.45. The van der Waals surface area contributed by atoms with Crippen molar-refractivity contribution in [2.45, 2.75) is 18.8 Å². The van der Waals surface area contributed by atoms with E-state index in [1.165, 1.54) is 16.7 Å². The van der Waals surface area contributed by atoms with E-state index in [2.05, 4.69) is 21.2 Å². The molecule has 0 bridgehead atoms. The molecule has 1 atom stereocenters. The van der Waals surface area contributed by atoms with Gasteiger partial charge in [0.1, 0.15) is 5.82 Å². The standard InChI is InChI=1S/C17H16BrFN2OS/c1-21-8-13-15(17(21)22)14(9-4-5-11(19)10(18)7-9)16-12(20-13)3-2-6-23-16/h4-5,7,14,20H,2-3,6,8H2,1H3. The number of halogens is 2. The summed E-state index contributed by atoms with van der Waals surface area (Å²) in [6.45, 7) is 0.620. The third-order valence-electron chi connectivity index (χ3n) is 4.55. The summed E-state index contributed by atoms with van der Waals surface area (Å²) in [6.07, 6.45) is 2.15. The number of benzene rings is 1. The summed E-state index contributed by atoms with van der Waals surface area (Å²) in [5.74, 6) is 0.764. The molecule has 1 unspecified atom stereocenters. The predicted octanol–water partition coefficient (Wildman–Crippen LogP) is 3.74. The Kier molecular flexibility index (Phi) is 3.76. The Morgan fingerprint density at radius 2 is 2.22 bits per heavy atom. The largest absolute Gasteiger partial charge is 0.360 e. The topological polar surface area (TPSA) is 32.3 Å². The molecule has 1 aromatic carbocycles. The van der Waals surface area contributed by atoms with Crippen LogP contribution in [0.3, 0.4) is 0 Å². The Morgan fingerprint density at radius 1 is 1.39 bits per heavy atom. The molecule has 0 spiro atoms. The van der Waals surface area contributed by atoms with Crippen molar-refractivity contribution in [3.8, 4) is 0 Å². The fourth-order valence-electron chi connectivity index (χ4n) is 3.48. The number of carbonyl (C=O) groups excluding carboxylic acids is 1. The molecule has 0 radical (unpaired) electrons. The van der Waals surface area contributed by atoms with E-state index < -0.39 is 0 Å². The first-order valence-corrected chi connectivity index (χ1v) is 9.40. The van der Waals surface area contributed by atoms with Crippen LogP contribution in [0.4, 0.5) is 4.39 Å². The Labute approximate surface area is 147 Å². The van der Waals surface area contributed by atoms with Gasteiger partial charge in [-0.2, -0.15) is 0 Å². The smallest absolute Gasteiger partial charge is 0.252 e. The molecule has 0 aromatic heterocycles. The Balaban J connectivity index is 1.87. The molecular formula is C17H16BrFN2OS. The molecule has 120 valence electrons. The van der Waals surface area contributed by atoms with Gasteiger partial charge >= 0.3 is 0 Å². The van der Waals surface area contributed by atoms with Gasteiger partial charge in [0, 0.05) is 29.3 Å². The van der Waals surface area contributed by atoms with Crippen LogP contribution in [-0.4, -0.2) is 30.2 Å². The van der Waals surface area contributed by atoms with E-state index in [4.69, 9.17) is 0 Å². The lowest BCUT2D eigenvalue weighted by Gasteiger charge is -2.33. The van der Waals surface area contributed by atoms with Crippen molar-refractivity contribution in [1.29, 1.82) is 0 Å². The van der Waals surface area contributed by atoms with E-state index >= 15 is 0 Å². The lowest BCUT2D eigenvalue weighted by Crippen LogP contribution is -2.28. The zero-order chi connectivity index (χ0) is 16.1. The van der Waals surface area contributed by atoms with Gasteiger partial charge in [0.15, 0.2) is 0 Å². The van der Waals surface area contributed by atoms with Gasteiger partial charge in [-0.3, -0.25) is 4.79 Å². The molecule has 0 fully saturated rings. The molecule has 0 saturated heterocycles. The molecule has 3 heterocycles. The quantitative estimate of drug-likeness (QED) is 0.787. The van der Waals surface area contributed by atoms with Gasteiger partial charge in [-0.25, -0.2) is 4.39 Å². The van der Waals surface area contributed by atoms with Crippen molar-refractivity contribution in [3.05, 3.63) is 55.9 Å². The molecular weight excluding hydrogens is 379 g/mol. The second kappa shape index (κ2) is 5.67. The monoisotopic (exact) mass is 394 g/mol. The van der Waals surface area contributed by atoms with Gasteiger partial charge < -0.3 is 10.2 Å². The minimum atomic E-state index is -0.280. The number of dihydropyridines is 1. The number of carbonyl (C=O) groups is 1. The van der Waals surface area contributed by atoms with Crippen molar-refractivity contribution in [2.75, 3.05) is 19.3 Å². The van der Waals surface area contributed by atoms with Crippen LogP contribution in [0.1, 0.15) is 24.3 Å². The zero-order valence-corrected chi connectivity index (χ0v) is 15.1. The fourth-order valence-corrected chi connectivity index (χ4v) is 5.13. The Bertz CT molecular complexity index is 774. The highest BCUT2D eigenvalue weighted by atomic mass is 79.9. The van der Waals surface area contributed by atoms with Gasteiger partial charge in [0.2, 0.25) is 0 Å². The van der Waals surface area contributed by atoms with Gasteiger partial charge in [0.25, 0.3) is 5.91 Å². The molecule has 0 saturated carbocycles. The van der Waals surface area contributed by atoms with Crippen molar-refractivity contribution in [1.82, 2.24) is 10.2 Å². The number of rotatable bonds is 1. The second-order valence-corrected chi connectivity index (χ2v) is 8.07. The normalized spacial score (nSPS) is 23.9. The van der Waals surface area contributed by atoms with Crippen molar-refractivity contribution in [3.63, 3.8) is 0 Å². The highest BCUT2D eigenvalue weighted by Crippen LogP contribution is 2.48. The van der Waals surface area contributed by atoms with Crippen LogP contribution < -0.4 is 5.32 Å². The molecule has 0 aliphatic carbocycles. The number of hydrogen-bond acceptors (Lipinski definition) is 3. The van der Waals surface area contributed by atoms with Gasteiger partial charge in [-0.05, 0) is 52.2 Å². The number of amides is 1. The molecule has 3 aliphatic rings. The van der Waals surface area contributed by atoms with E-state index in [1.54, 1.807) is 17.0 Å². The first-order chi connectivity index (χ1) is 11.1. The maximum atomic E-state index is 13.6. The number of hydrogen-bond donors (Lipinski definition) is 1. The van der Waals surface area contributed by atoms with Crippen molar-refractivity contribution >= 4 is 33.6 Å². The molecule has 6 heteroatoms. The van der Waals surface area contributed by atoms with Crippen molar-refractivity contribution in [2.24, 2.45) is 0 Å². The molecule has 3 nitrogen and oxygen atoms in total. The summed E-state index contributed by atoms with van der Waals surface area (Å²) < 4.78 is 14.1. The van der Waals surface area contributed by atoms with Crippen LogP contribution in [0.25, 0.3) is 0 Å². The van der Waals surface area contributed by atoms with E-state index in [1.807, 2.05) is 18.8 Å². The van der Waals surface area contributed by atoms with Gasteiger partial charge in [-0.1, -0.05) is 6.07 Å². The maximum Gasteiger partial charge on any atom is 0.252 e. The van der Waals surface area contributed by atoms with E-state index in [0.717, 1.165) is 35.4 Å². The van der Waals surface area contributed by atoms with Crippen LogP contribution >= 0.6 is 27.7 Å². The SMILES string of the molecule is CN1CC2=C(C1=O)C(c1ccc(F)c(Br)c1)C1=C(CCCS1)N2. The van der Waals surface area contributed by atoms with E-state index in [9.17, 15) is 9.18 Å². The van der Waals surface area contributed by atoms with Gasteiger partial charge in [0.05, 0.1) is 16.6 Å². The summed E-state index contributed by atoms with van der Waals surface area (Å²) in [5.41, 5.74) is 4.02. The molecule has 23 heavy (non-hydrogen) atoms. The highest BCUT2D eigenvalue weighted by Gasteiger charge is 2.41. The number of allylic oxidation sites excluding steroid dienone is 2. The first-order valence-electron chi connectivity index (χ1n) is 7.62. The highest BCUT2D eigenvalue weighted by molar-refractivity contribution is 9.10. The predicted molar refractivity (Wildman–Crippen MR) is 93.4 cm³/mol. The van der Waals surface area contributed by atoms with Crippen LogP contribution in [0.2, 0.25) is 0 Å². The number of thioether (sulfide) groups is 1. The van der Waals surface area contributed by atoms with Gasteiger partial charge in [-0.15, -0.1) is 11.8 Å². The first kappa shape index (κ1) is 15.3. The molecule has 3 aliphatic heterocycles. The van der Waals surface area contributed by atoms with Crippen LogP contribution in [0, 0.1) is 5.82 Å². The summed E-state index contributed by atoms with van der Waals surface area (Å²) in [7, 11) is 1.83. The molecule has 4 rings (SSSR count). The van der Waals surface area contributed by atoms with Crippen LogP contribution in [-0.2, 0) is 4.79 Å². The van der Waals surface area contributed by atoms with E-state index in [0.29, 0.717) is 11.0 Å². The summed E-state index contributed by atoms with van der Waals surface area (Å²) in [4.78, 5) is 15.6. The lowest BCUT2D eigenvalue weighted by atomic mass is 9.86. The maximum absolute atomic E-state index is 13.6. The fraction of sp³-hybridized carbons (Fsp3) is 0.353. The van der Waals surface area contributed by atoms with E-state index in [-0.39, 0.29) is 17.6 Å². The summed E-state index contributed by atoms with van der Waals surface area (Å²) in [5, 5.41) is 3.49. The molecule has 1 N–H and O–H groups in total. The van der Waals surface area contributed by atoms with Crippen molar-refractivity contribution < 1.29 is 9.18 Å². The second-order valence-electron chi connectivity index (χ2n) is 6.08. The van der Waals surface area contributed by atoms with Crippen LogP contribution in [0.15, 0.2) is 44.5 Å². The summed E-state index contributed by atoms with van der Waals surface area (Å²) in [6, 6.07) is 5.08. The Morgan fingerprint density at radius 3 is 3.00 bits per heavy atom. The molecule has 1 aromatic rings. The number of nitrogens with zero attached hydrogens (tertiary/aromatic N) is 1. The third kappa shape index (κ3) is 2.43. The minimum Gasteiger partial charge on any atom is -0.360 e. The van der Waals surface area contributed by atoms with Crippen LogP contribution in [0.5, 0.6) is 0 Å². The lowest BCUT2D eigenvalue weighted by molar-refractivity contribution is -0.124. The average molecular weight is 395 g/mol. The zero-order valence-electron chi connectivity index (χ0n) is 12.7. The number of likely N-dealkylation sites (N-methyl/N-ethyl adjacent to an activating group) is 1. The number of nitrogens with one attached hydrogen (secondary N) is 1. The summed E-state index contributed by atoms with van der Waals surface area (Å²) >= 11 is 5.09. The molecule has 1 amide bonds. The average Bonchev–Trinajstić information content (AvgIpc) is 2.82.